The predicted molar refractivity (Wildman–Crippen MR) is 97.4 cm³/mol. The van der Waals surface area contributed by atoms with Gasteiger partial charge in [0, 0.05) is 32.6 Å². The van der Waals surface area contributed by atoms with E-state index in [0.29, 0.717) is 19.6 Å². The zero-order chi connectivity index (χ0) is 19.3. The van der Waals surface area contributed by atoms with Crippen LogP contribution in [0.25, 0.3) is 0 Å². The van der Waals surface area contributed by atoms with Gasteiger partial charge < -0.3 is 4.90 Å². The lowest BCUT2D eigenvalue weighted by Gasteiger charge is -2.28. The number of likely N-dealkylation sites (tertiary alicyclic amines) is 1. The normalized spacial score (nSPS) is 25.7. The molecular formula is C17H21N5O4S. The molecule has 9 nitrogen and oxygen atoms in total. The second-order valence-electron chi connectivity index (χ2n) is 7.22. The first-order valence-corrected chi connectivity index (χ1v) is 10.5. The highest BCUT2D eigenvalue weighted by atomic mass is 32.2. The largest absolute Gasteiger partial charge is 0.343 e. The summed E-state index contributed by atoms with van der Waals surface area (Å²) >= 11 is 0. The van der Waals surface area contributed by atoms with Crippen molar-refractivity contribution < 1.29 is 13.2 Å². The van der Waals surface area contributed by atoms with E-state index in [1.807, 2.05) is 30.3 Å². The Bertz CT molecular complexity index is 1030. The molecule has 0 bridgehead atoms. The Morgan fingerprint density at radius 3 is 2.48 bits per heavy atom. The Labute approximate surface area is 156 Å². The van der Waals surface area contributed by atoms with Crippen molar-refractivity contribution in [3.8, 4) is 0 Å². The lowest BCUT2D eigenvalue weighted by Crippen LogP contribution is -2.37. The molecule has 2 aliphatic rings. The molecule has 0 aliphatic carbocycles. The quantitative estimate of drug-likeness (QED) is 0.780. The molecule has 2 saturated heterocycles. The first kappa shape index (κ1) is 17.9. The van der Waals surface area contributed by atoms with Crippen molar-refractivity contribution in [3.63, 3.8) is 0 Å². The lowest BCUT2D eigenvalue weighted by atomic mass is 9.90. The number of nitrogens with one attached hydrogen (secondary N) is 1. The molecule has 0 unspecified atom stereocenters. The Morgan fingerprint density at radius 1 is 1.19 bits per heavy atom. The van der Waals surface area contributed by atoms with Crippen LogP contribution >= 0.6 is 0 Å². The van der Waals surface area contributed by atoms with Gasteiger partial charge in [-0.15, -0.1) is 5.10 Å². The number of fused-ring (bicyclic) bond motifs is 1. The van der Waals surface area contributed by atoms with Crippen molar-refractivity contribution in [1.29, 1.82) is 0 Å². The maximum Gasteiger partial charge on any atom is 0.343 e. The number of hydrogen-bond donors (Lipinski definition) is 1. The third-order valence-corrected chi connectivity index (χ3v) is 6.68. The van der Waals surface area contributed by atoms with Gasteiger partial charge in [0.25, 0.3) is 5.91 Å². The molecule has 2 fully saturated rings. The van der Waals surface area contributed by atoms with Crippen LogP contribution in [0.3, 0.4) is 0 Å². The highest BCUT2D eigenvalue weighted by Crippen LogP contribution is 2.46. The molecule has 1 amide bonds. The molecule has 1 aromatic carbocycles. The number of nitrogens with zero attached hydrogens (tertiary/aromatic N) is 4. The number of amides is 1. The van der Waals surface area contributed by atoms with Gasteiger partial charge in [0.1, 0.15) is 0 Å². The molecule has 1 N–H and O–H groups in total. The van der Waals surface area contributed by atoms with Crippen LogP contribution in [-0.4, -0.2) is 64.2 Å². The van der Waals surface area contributed by atoms with Crippen LogP contribution < -0.4 is 5.69 Å². The first-order chi connectivity index (χ1) is 12.8. The highest BCUT2D eigenvalue weighted by molar-refractivity contribution is 7.88. The van der Waals surface area contributed by atoms with Crippen LogP contribution in [0.15, 0.2) is 35.1 Å². The number of sulfonamides is 1. The predicted octanol–water partition coefficient (Wildman–Crippen LogP) is -0.187. The number of carbonyl (C=O) groups excluding carboxylic acids is 1. The molecule has 10 heteroatoms. The van der Waals surface area contributed by atoms with E-state index in [9.17, 15) is 18.0 Å². The monoisotopic (exact) mass is 391 g/mol. The fourth-order valence-electron chi connectivity index (χ4n) is 4.23. The van der Waals surface area contributed by atoms with Gasteiger partial charge in [-0.25, -0.2) is 17.9 Å². The number of aryl methyl sites for hydroxylation is 1. The molecule has 0 spiro atoms. The highest BCUT2D eigenvalue weighted by Gasteiger charge is 2.51. The van der Waals surface area contributed by atoms with Crippen molar-refractivity contribution in [1.82, 2.24) is 24.0 Å². The van der Waals surface area contributed by atoms with Gasteiger partial charge in [-0.2, -0.15) is 4.31 Å². The van der Waals surface area contributed by atoms with Crippen molar-refractivity contribution in [2.45, 2.75) is 6.04 Å². The summed E-state index contributed by atoms with van der Waals surface area (Å²) in [5.74, 6) is -0.274. The van der Waals surface area contributed by atoms with E-state index < -0.39 is 15.7 Å². The SMILES string of the molecule is Cn1nc(C(=O)N2C[C@@H]3CN(S(C)(=O)=O)[C@@H](c4ccccc4)[C@@H]3C2)[nH]c1=O. The average molecular weight is 391 g/mol. The maximum absolute atomic E-state index is 12.7. The summed E-state index contributed by atoms with van der Waals surface area (Å²) in [5, 5.41) is 3.93. The van der Waals surface area contributed by atoms with Gasteiger partial charge in [0.2, 0.25) is 15.8 Å². The minimum absolute atomic E-state index is 0.00140. The van der Waals surface area contributed by atoms with E-state index >= 15 is 0 Å². The van der Waals surface area contributed by atoms with Crippen LogP contribution in [-0.2, 0) is 17.1 Å². The standard InChI is InChI=1S/C17H21N5O4S/c1-20-17(24)18-15(19-20)16(23)21-8-12-9-22(27(2,25)26)14(13(12)10-21)11-6-4-3-5-7-11/h3-7,12-14H,8-10H2,1-2H3,(H,18,19,24)/t12-,13-,14+/m1/s1. The summed E-state index contributed by atoms with van der Waals surface area (Å²) in [4.78, 5) is 28.4. The van der Waals surface area contributed by atoms with E-state index in [-0.39, 0.29) is 29.6 Å². The number of benzene rings is 1. The zero-order valence-corrected chi connectivity index (χ0v) is 15.9. The molecule has 1 aromatic heterocycles. The Balaban J connectivity index is 1.63. The van der Waals surface area contributed by atoms with Crippen molar-refractivity contribution in [2.75, 3.05) is 25.9 Å². The molecular weight excluding hydrogens is 370 g/mol. The Hall–Kier alpha value is -2.46. The second kappa shape index (κ2) is 6.31. The fourth-order valence-corrected chi connectivity index (χ4v) is 5.38. The summed E-state index contributed by atoms with van der Waals surface area (Å²) in [6.45, 7) is 1.25. The number of hydrogen-bond acceptors (Lipinski definition) is 5. The number of rotatable bonds is 3. The van der Waals surface area contributed by atoms with Gasteiger partial charge in [-0.05, 0) is 11.5 Å². The average Bonchev–Trinajstić information content (AvgIpc) is 3.27. The first-order valence-electron chi connectivity index (χ1n) is 8.70. The zero-order valence-electron chi connectivity index (χ0n) is 15.1. The van der Waals surface area contributed by atoms with E-state index in [0.717, 1.165) is 10.2 Å². The Kier molecular flexibility index (Phi) is 4.19. The van der Waals surface area contributed by atoms with Gasteiger partial charge in [-0.1, -0.05) is 30.3 Å². The van der Waals surface area contributed by atoms with E-state index in [1.165, 1.54) is 13.3 Å². The van der Waals surface area contributed by atoms with Crippen LogP contribution in [0, 0.1) is 11.8 Å². The van der Waals surface area contributed by atoms with E-state index in [1.54, 1.807) is 9.21 Å². The summed E-state index contributed by atoms with van der Waals surface area (Å²) in [5.41, 5.74) is 0.485. The molecule has 3 heterocycles. The lowest BCUT2D eigenvalue weighted by molar-refractivity contribution is 0.0761. The molecule has 4 rings (SSSR count). The van der Waals surface area contributed by atoms with Crippen LogP contribution in [0.5, 0.6) is 0 Å². The van der Waals surface area contributed by atoms with Crippen LogP contribution in [0.2, 0.25) is 0 Å². The van der Waals surface area contributed by atoms with E-state index in [2.05, 4.69) is 10.1 Å². The Morgan fingerprint density at radius 2 is 1.89 bits per heavy atom. The van der Waals surface area contributed by atoms with Crippen LogP contribution in [0.1, 0.15) is 22.2 Å². The maximum atomic E-state index is 12.7. The topological polar surface area (TPSA) is 108 Å². The van der Waals surface area contributed by atoms with E-state index in [4.69, 9.17) is 0 Å². The molecule has 144 valence electrons. The second-order valence-corrected chi connectivity index (χ2v) is 9.16. The fraction of sp³-hybridized carbons (Fsp3) is 0.471. The van der Waals surface area contributed by atoms with Gasteiger partial charge in [-0.3, -0.25) is 9.78 Å². The third-order valence-electron chi connectivity index (χ3n) is 5.45. The summed E-state index contributed by atoms with van der Waals surface area (Å²) in [7, 11) is -1.89. The van der Waals surface area contributed by atoms with Crippen molar-refractivity contribution in [3.05, 3.63) is 52.2 Å². The minimum Gasteiger partial charge on any atom is -0.335 e. The molecule has 2 aliphatic heterocycles. The third kappa shape index (κ3) is 3.08. The molecule has 0 saturated carbocycles. The summed E-state index contributed by atoms with van der Waals surface area (Å²) in [6, 6.07) is 9.21. The summed E-state index contributed by atoms with van der Waals surface area (Å²) < 4.78 is 27.3. The molecule has 27 heavy (non-hydrogen) atoms. The van der Waals surface area contributed by atoms with Crippen LogP contribution in [0.4, 0.5) is 0 Å². The molecule has 0 radical (unpaired) electrons. The van der Waals surface area contributed by atoms with Crippen molar-refractivity contribution >= 4 is 15.9 Å². The number of aromatic amines is 1. The van der Waals surface area contributed by atoms with Crippen molar-refractivity contribution in [2.24, 2.45) is 18.9 Å². The smallest absolute Gasteiger partial charge is 0.335 e. The minimum atomic E-state index is -3.37. The number of carbonyl (C=O) groups is 1. The van der Waals surface area contributed by atoms with Gasteiger partial charge >= 0.3 is 5.69 Å². The van der Waals surface area contributed by atoms with Gasteiger partial charge in [0.15, 0.2) is 0 Å². The molecule has 2 aromatic rings. The summed E-state index contributed by atoms with van der Waals surface area (Å²) in [6.07, 6.45) is 1.23. The molecule has 3 atom stereocenters. The number of aromatic nitrogens is 3. The number of H-pyrrole nitrogens is 1. The van der Waals surface area contributed by atoms with Gasteiger partial charge in [0.05, 0.1) is 12.3 Å².